The van der Waals surface area contributed by atoms with E-state index in [0.29, 0.717) is 16.4 Å². The van der Waals surface area contributed by atoms with Crippen molar-refractivity contribution in [3.8, 4) is 10.6 Å². The minimum Gasteiger partial charge on any atom is -0.350 e. The third-order valence-electron chi connectivity index (χ3n) is 4.67. The zero-order valence-electron chi connectivity index (χ0n) is 15.0. The first-order chi connectivity index (χ1) is 13.1. The number of aryl methyl sites for hydroxylation is 1. The van der Waals surface area contributed by atoms with Crippen LogP contribution in [0.3, 0.4) is 0 Å². The molecule has 3 aromatic rings. The molecule has 4 rings (SSSR count). The van der Waals surface area contributed by atoms with Gasteiger partial charge in [0.05, 0.1) is 5.69 Å². The molecule has 0 fully saturated rings. The van der Waals surface area contributed by atoms with Crippen LogP contribution in [-0.4, -0.2) is 35.4 Å². The summed E-state index contributed by atoms with van der Waals surface area (Å²) in [5.74, 6) is -0.0495. The molecule has 2 aromatic heterocycles. The smallest absolute Gasteiger partial charge is 0.263 e. The molecule has 0 radical (unpaired) electrons. The number of carbonyl (C=O) groups excluding carboxylic acids is 1. The second-order valence-electron chi connectivity index (χ2n) is 6.59. The van der Waals surface area contributed by atoms with Crippen molar-refractivity contribution in [2.24, 2.45) is 0 Å². The van der Waals surface area contributed by atoms with E-state index in [4.69, 9.17) is 11.6 Å². The Morgan fingerprint density at radius 2 is 2.26 bits per heavy atom. The number of thiazole rings is 1. The van der Waals surface area contributed by atoms with Crippen LogP contribution in [0.25, 0.3) is 10.6 Å². The molecule has 1 amide bonds. The van der Waals surface area contributed by atoms with E-state index in [1.54, 1.807) is 0 Å². The Kier molecular flexibility index (Phi) is 5.59. The summed E-state index contributed by atoms with van der Waals surface area (Å²) >= 11 is 9.32. The Hall–Kier alpha value is -1.73. The van der Waals surface area contributed by atoms with Crippen molar-refractivity contribution >= 4 is 40.2 Å². The highest BCUT2D eigenvalue weighted by atomic mass is 35.5. The van der Waals surface area contributed by atoms with Gasteiger partial charge >= 0.3 is 0 Å². The minimum atomic E-state index is -0.0495. The molecule has 1 aliphatic heterocycles. The molecule has 0 atom stereocenters. The second kappa shape index (κ2) is 8.10. The molecule has 1 aromatic carbocycles. The molecule has 0 saturated carbocycles. The summed E-state index contributed by atoms with van der Waals surface area (Å²) in [6.07, 6.45) is 1.11. The van der Waals surface area contributed by atoms with Gasteiger partial charge < -0.3 is 5.32 Å². The van der Waals surface area contributed by atoms with Crippen molar-refractivity contribution in [2.75, 3.05) is 19.6 Å². The predicted molar refractivity (Wildman–Crippen MR) is 113 cm³/mol. The number of carbonyl (C=O) groups is 1. The molecule has 1 aliphatic rings. The molecule has 27 heavy (non-hydrogen) atoms. The van der Waals surface area contributed by atoms with Crippen molar-refractivity contribution in [2.45, 2.75) is 19.9 Å². The highest BCUT2D eigenvalue weighted by Crippen LogP contribution is 2.29. The van der Waals surface area contributed by atoms with Gasteiger partial charge in [-0.1, -0.05) is 23.7 Å². The van der Waals surface area contributed by atoms with E-state index >= 15 is 0 Å². The Morgan fingerprint density at radius 1 is 1.37 bits per heavy atom. The van der Waals surface area contributed by atoms with Crippen LogP contribution in [0.4, 0.5) is 0 Å². The average Bonchev–Trinajstić information content (AvgIpc) is 3.27. The first-order valence-corrected chi connectivity index (χ1v) is 11.0. The Bertz CT molecular complexity index is 966. The standard InChI is InChI=1S/C20H20ClN3OS2/c1-13-18(27-20(23-13)14-3-2-4-16(21)11-14)19(25)22-7-9-24-8-5-17-15(12-24)6-10-26-17/h2-4,6,10-11H,5,7-9,12H2,1H3,(H,22,25). The monoisotopic (exact) mass is 417 g/mol. The van der Waals surface area contributed by atoms with E-state index in [-0.39, 0.29) is 5.91 Å². The summed E-state index contributed by atoms with van der Waals surface area (Å²) in [6, 6.07) is 9.77. The zero-order chi connectivity index (χ0) is 18.8. The number of amides is 1. The summed E-state index contributed by atoms with van der Waals surface area (Å²) < 4.78 is 0. The molecule has 1 N–H and O–H groups in total. The van der Waals surface area contributed by atoms with Crippen molar-refractivity contribution in [1.29, 1.82) is 0 Å². The number of nitrogens with one attached hydrogen (secondary N) is 1. The van der Waals surface area contributed by atoms with Crippen LogP contribution < -0.4 is 5.32 Å². The van der Waals surface area contributed by atoms with Crippen LogP contribution in [0.1, 0.15) is 25.8 Å². The summed E-state index contributed by atoms with van der Waals surface area (Å²) in [6.45, 7) is 5.42. The molecule has 0 aliphatic carbocycles. The van der Waals surface area contributed by atoms with Gasteiger partial charge in [0.15, 0.2) is 0 Å². The van der Waals surface area contributed by atoms with Gasteiger partial charge in [-0.2, -0.15) is 0 Å². The normalized spacial score (nSPS) is 14.1. The van der Waals surface area contributed by atoms with Gasteiger partial charge in [-0.05, 0) is 42.5 Å². The van der Waals surface area contributed by atoms with Crippen LogP contribution in [0.2, 0.25) is 5.02 Å². The molecule has 4 nitrogen and oxygen atoms in total. The van der Waals surface area contributed by atoms with E-state index in [0.717, 1.165) is 42.3 Å². The number of hydrogen-bond acceptors (Lipinski definition) is 5. The lowest BCUT2D eigenvalue weighted by molar-refractivity contribution is 0.0950. The third kappa shape index (κ3) is 4.24. The van der Waals surface area contributed by atoms with Crippen LogP contribution >= 0.6 is 34.3 Å². The Balaban J connectivity index is 1.35. The lowest BCUT2D eigenvalue weighted by atomic mass is 10.1. The van der Waals surface area contributed by atoms with Crippen LogP contribution in [0, 0.1) is 6.92 Å². The molecule has 140 valence electrons. The SMILES string of the molecule is Cc1nc(-c2cccc(Cl)c2)sc1C(=O)NCCN1CCc2sccc2C1. The van der Waals surface area contributed by atoms with Gasteiger partial charge in [-0.15, -0.1) is 22.7 Å². The highest BCUT2D eigenvalue weighted by molar-refractivity contribution is 7.17. The lowest BCUT2D eigenvalue weighted by Gasteiger charge is -2.26. The number of fused-ring (bicyclic) bond motifs is 1. The van der Waals surface area contributed by atoms with Crippen molar-refractivity contribution in [3.05, 3.63) is 61.7 Å². The Morgan fingerprint density at radius 3 is 3.11 bits per heavy atom. The maximum atomic E-state index is 12.6. The lowest BCUT2D eigenvalue weighted by Crippen LogP contribution is -2.37. The molecule has 0 saturated heterocycles. The number of rotatable bonds is 5. The minimum absolute atomic E-state index is 0.0495. The largest absolute Gasteiger partial charge is 0.350 e. The molecule has 0 spiro atoms. The van der Waals surface area contributed by atoms with Crippen molar-refractivity contribution in [1.82, 2.24) is 15.2 Å². The number of hydrogen-bond donors (Lipinski definition) is 1. The molecular weight excluding hydrogens is 398 g/mol. The van der Waals surface area contributed by atoms with Crippen molar-refractivity contribution in [3.63, 3.8) is 0 Å². The highest BCUT2D eigenvalue weighted by Gasteiger charge is 2.19. The molecule has 0 unspecified atom stereocenters. The van der Waals surface area contributed by atoms with Gasteiger partial charge in [0.25, 0.3) is 5.91 Å². The molecule has 3 heterocycles. The maximum Gasteiger partial charge on any atom is 0.263 e. The average molecular weight is 418 g/mol. The first-order valence-electron chi connectivity index (χ1n) is 8.89. The quantitative estimate of drug-likeness (QED) is 0.658. The number of thiophene rings is 1. The van der Waals surface area contributed by atoms with Gasteiger partial charge in [-0.3, -0.25) is 9.69 Å². The fourth-order valence-corrected chi connectivity index (χ4v) is 5.32. The van der Waals surface area contributed by atoms with Gasteiger partial charge in [0.1, 0.15) is 9.88 Å². The molecule has 0 bridgehead atoms. The van der Waals surface area contributed by atoms with Crippen LogP contribution in [0.5, 0.6) is 0 Å². The van der Waals surface area contributed by atoms with Crippen molar-refractivity contribution < 1.29 is 4.79 Å². The van der Waals surface area contributed by atoms with Gasteiger partial charge in [0, 0.05) is 41.6 Å². The van der Waals surface area contributed by atoms with Crippen LogP contribution in [0.15, 0.2) is 35.7 Å². The van der Waals surface area contributed by atoms with Crippen LogP contribution in [-0.2, 0) is 13.0 Å². The Labute approximate surface area is 171 Å². The van der Waals surface area contributed by atoms with Gasteiger partial charge in [0.2, 0.25) is 0 Å². The topological polar surface area (TPSA) is 45.2 Å². The fraction of sp³-hybridized carbons (Fsp3) is 0.300. The summed E-state index contributed by atoms with van der Waals surface area (Å²) in [5.41, 5.74) is 3.13. The number of halogens is 1. The molecular formula is C20H20ClN3OS2. The van der Waals surface area contributed by atoms with Gasteiger partial charge in [-0.25, -0.2) is 4.98 Å². The summed E-state index contributed by atoms with van der Waals surface area (Å²) in [5, 5.41) is 6.70. The van der Waals surface area contributed by atoms with E-state index in [2.05, 4.69) is 26.6 Å². The van der Waals surface area contributed by atoms with E-state index in [1.165, 1.54) is 21.8 Å². The third-order valence-corrected chi connectivity index (χ3v) is 7.14. The predicted octanol–water partition coefficient (Wildman–Crippen LogP) is 4.62. The maximum absolute atomic E-state index is 12.6. The van der Waals surface area contributed by atoms with E-state index in [1.807, 2.05) is 42.5 Å². The second-order valence-corrected chi connectivity index (χ2v) is 9.03. The van der Waals surface area contributed by atoms with E-state index < -0.39 is 0 Å². The van der Waals surface area contributed by atoms with E-state index in [9.17, 15) is 4.79 Å². The number of aromatic nitrogens is 1. The summed E-state index contributed by atoms with van der Waals surface area (Å²) in [7, 11) is 0. The zero-order valence-corrected chi connectivity index (χ0v) is 17.4. The first kappa shape index (κ1) is 18.6. The fourth-order valence-electron chi connectivity index (χ4n) is 3.26. The number of benzene rings is 1. The number of nitrogens with zero attached hydrogens (tertiary/aromatic N) is 2. The summed E-state index contributed by atoms with van der Waals surface area (Å²) in [4.78, 5) is 21.7. The molecule has 7 heteroatoms.